The standard InChI is InChI=1S/C9H5BrO3/c10-8-7(9(11)12)5-3-1-2-4-6(5)13-8/h1-4H,(H,11,12). The molecule has 0 saturated carbocycles. The van der Waals surface area contributed by atoms with Gasteiger partial charge in [-0.25, -0.2) is 4.79 Å². The van der Waals surface area contributed by atoms with Gasteiger partial charge in [0.1, 0.15) is 11.1 Å². The maximum atomic E-state index is 10.8. The molecular weight excluding hydrogens is 236 g/mol. The predicted octanol–water partition coefficient (Wildman–Crippen LogP) is 2.89. The molecular formula is C9H5BrO3. The van der Waals surface area contributed by atoms with E-state index in [0.717, 1.165) is 0 Å². The minimum absolute atomic E-state index is 0.176. The molecule has 66 valence electrons. The predicted molar refractivity (Wildman–Crippen MR) is 50.9 cm³/mol. The van der Waals surface area contributed by atoms with Crippen LogP contribution in [0.4, 0.5) is 0 Å². The molecule has 0 radical (unpaired) electrons. The lowest BCUT2D eigenvalue weighted by atomic mass is 10.2. The van der Waals surface area contributed by atoms with E-state index in [2.05, 4.69) is 15.9 Å². The zero-order valence-electron chi connectivity index (χ0n) is 6.45. The van der Waals surface area contributed by atoms with Gasteiger partial charge >= 0.3 is 5.97 Å². The summed E-state index contributed by atoms with van der Waals surface area (Å²) in [5.74, 6) is -0.989. The highest BCUT2D eigenvalue weighted by atomic mass is 79.9. The van der Waals surface area contributed by atoms with E-state index in [9.17, 15) is 4.79 Å². The summed E-state index contributed by atoms with van der Waals surface area (Å²) in [6, 6.07) is 7.01. The second-order valence-corrected chi connectivity index (χ2v) is 3.27. The van der Waals surface area contributed by atoms with Gasteiger partial charge in [-0.1, -0.05) is 18.2 Å². The van der Waals surface area contributed by atoms with Gasteiger partial charge in [0, 0.05) is 5.39 Å². The summed E-state index contributed by atoms with van der Waals surface area (Å²) < 4.78 is 5.46. The van der Waals surface area contributed by atoms with Crippen molar-refractivity contribution in [2.75, 3.05) is 0 Å². The minimum Gasteiger partial charge on any atom is -0.478 e. The maximum Gasteiger partial charge on any atom is 0.340 e. The second kappa shape index (κ2) is 2.88. The zero-order chi connectivity index (χ0) is 9.42. The summed E-state index contributed by atoms with van der Waals surface area (Å²) in [7, 11) is 0. The number of hydrogen-bond acceptors (Lipinski definition) is 2. The van der Waals surface area contributed by atoms with Gasteiger partial charge in [-0.3, -0.25) is 0 Å². The number of halogens is 1. The van der Waals surface area contributed by atoms with Crippen LogP contribution in [0.2, 0.25) is 0 Å². The van der Waals surface area contributed by atoms with Crippen LogP contribution < -0.4 is 0 Å². The molecule has 1 heterocycles. The second-order valence-electron chi connectivity index (χ2n) is 2.55. The number of hydrogen-bond donors (Lipinski definition) is 1. The molecule has 0 aliphatic rings. The normalized spacial score (nSPS) is 10.5. The monoisotopic (exact) mass is 240 g/mol. The van der Waals surface area contributed by atoms with Crippen LogP contribution in [0.5, 0.6) is 0 Å². The van der Waals surface area contributed by atoms with Gasteiger partial charge < -0.3 is 9.52 Å². The van der Waals surface area contributed by atoms with Crippen LogP contribution in [-0.2, 0) is 0 Å². The van der Waals surface area contributed by atoms with Gasteiger partial charge in [0.2, 0.25) is 0 Å². The Labute approximate surface area is 82.1 Å². The van der Waals surface area contributed by atoms with Gasteiger partial charge in [0.25, 0.3) is 0 Å². The third-order valence-corrected chi connectivity index (χ3v) is 2.32. The number of rotatable bonds is 1. The fourth-order valence-corrected chi connectivity index (χ4v) is 1.77. The topological polar surface area (TPSA) is 50.4 Å². The van der Waals surface area contributed by atoms with Crippen LogP contribution in [0.1, 0.15) is 10.4 Å². The fourth-order valence-electron chi connectivity index (χ4n) is 1.21. The van der Waals surface area contributed by atoms with Crippen molar-refractivity contribution in [1.82, 2.24) is 0 Å². The Hall–Kier alpha value is -1.29. The molecule has 0 unspecified atom stereocenters. The first-order chi connectivity index (χ1) is 6.20. The van der Waals surface area contributed by atoms with Crippen molar-refractivity contribution >= 4 is 32.9 Å². The first-order valence-electron chi connectivity index (χ1n) is 3.60. The number of carboxylic acid groups (broad SMARTS) is 1. The van der Waals surface area contributed by atoms with Gasteiger partial charge in [-0.05, 0) is 22.0 Å². The molecule has 0 atom stereocenters. The van der Waals surface area contributed by atoms with E-state index in [1.54, 1.807) is 24.3 Å². The molecule has 13 heavy (non-hydrogen) atoms. The molecule has 0 fully saturated rings. The van der Waals surface area contributed by atoms with Crippen molar-refractivity contribution in [2.45, 2.75) is 0 Å². The summed E-state index contributed by atoms with van der Waals surface area (Å²) in [6.07, 6.45) is 0. The molecule has 0 bridgehead atoms. The van der Waals surface area contributed by atoms with E-state index in [0.29, 0.717) is 11.0 Å². The van der Waals surface area contributed by atoms with E-state index < -0.39 is 5.97 Å². The van der Waals surface area contributed by atoms with Gasteiger partial charge in [-0.2, -0.15) is 0 Å². The fraction of sp³-hybridized carbons (Fsp3) is 0. The molecule has 0 amide bonds. The third-order valence-electron chi connectivity index (χ3n) is 1.77. The summed E-state index contributed by atoms with van der Waals surface area (Å²) in [5.41, 5.74) is 0.752. The van der Waals surface area contributed by atoms with E-state index in [4.69, 9.17) is 9.52 Å². The van der Waals surface area contributed by atoms with Gasteiger partial charge in [0.05, 0.1) is 0 Å². The highest BCUT2D eigenvalue weighted by Gasteiger charge is 2.17. The lowest BCUT2D eigenvalue weighted by Gasteiger charge is -1.88. The molecule has 0 saturated heterocycles. The highest BCUT2D eigenvalue weighted by molar-refractivity contribution is 9.10. The van der Waals surface area contributed by atoms with Crippen molar-refractivity contribution in [3.05, 3.63) is 34.5 Å². The maximum absolute atomic E-state index is 10.8. The largest absolute Gasteiger partial charge is 0.478 e. The number of carboxylic acids is 1. The molecule has 1 aromatic heterocycles. The Morgan fingerprint density at radius 3 is 2.77 bits per heavy atom. The molecule has 1 N–H and O–H groups in total. The summed E-state index contributed by atoms with van der Waals surface area (Å²) in [4.78, 5) is 10.8. The molecule has 4 heteroatoms. The van der Waals surface area contributed by atoms with Crippen LogP contribution in [0, 0.1) is 0 Å². The van der Waals surface area contributed by atoms with Gasteiger partial charge in [0.15, 0.2) is 4.67 Å². The summed E-state index contributed by atoms with van der Waals surface area (Å²) >= 11 is 3.06. The van der Waals surface area contributed by atoms with Gasteiger partial charge in [-0.15, -0.1) is 0 Å². The Morgan fingerprint density at radius 1 is 1.38 bits per heavy atom. The van der Waals surface area contributed by atoms with Crippen molar-refractivity contribution < 1.29 is 14.3 Å². The van der Waals surface area contributed by atoms with Crippen LogP contribution in [0.15, 0.2) is 33.4 Å². The number of benzene rings is 1. The van der Waals surface area contributed by atoms with E-state index in [1.807, 2.05) is 0 Å². The van der Waals surface area contributed by atoms with Crippen LogP contribution >= 0.6 is 15.9 Å². The van der Waals surface area contributed by atoms with Crippen LogP contribution in [-0.4, -0.2) is 11.1 Å². The average Bonchev–Trinajstić information content (AvgIpc) is 2.39. The van der Waals surface area contributed by atoms with E-state index in [1.165, 1.54) is 0 Å². The quantitative estimate of drug-likeness (QED) is 0.834. The molecule has 0 spiro atoms. The van der Waals surface area contributed by atoms with E-state index in [-0.39, 0.29) is 10.2 Å². The Bertz CT molecular complexity index is 473. The number of aromatic carboxylic acids is 1. The lowest BCUT2D eigenvalue weighted by molar-refractivity contribution is 0.0696. The Balaban J connectivity index is 2.86. The number of carbonyl (C=O) groups is 1. The van der Waals surface area contributed by atoms with E-state index >= 15 is 0 Å². The molecule has 0 aliphatic heterocycles. The van der Waals surface area contributed by atoms with Crippen LogP contribution in [0.25, 0.3) is 11.0 Å². The van der Waals surface area contributed by atoms with Crippen molar-refractivity contribution in [2.24, 2.45) is 0 Å². The molecule has 2 aromatic rings. The highest BCUT2D eigenvalue weighted by Crippen LogP contribution is 2.29. The minimum atomic E-state index is -0.989. The number of fused-ring (bicyclic) bond motifs is 1. The average molecular weight is 241 g/mol. The Kier molecular flexibility index (Phi) is 1.84. The van der Waals surface area contributed by atoms with Crippen molar-refractivity contribution in [3.8, 4) is 0 Å². The molecule has 1 aromatic carbocycles. The van der Waals surface area contributed by atoms with Crippen molar-refractivity contribution in [1.29, 1.82) is 0 Å². The lowest BCUT2D eigenvalue weighted by Crippen LogP contribution is -1.94. The smallest absolute Gasteiger partial charge is 0.340 e. The summed E-state index contributed by atoms with van der Waals surface area (Å²) in [5, 5.41) is 9.48. The number of para-hydroxylation sites is 1. The first kappa shape index (κ1) is 8.31. The Morgan fingerprint density at radius 2 is 2.08 bits per heavy atom. The SMILES string of the molecule is O=C(O)c1c(Br)oc2ccccc12. The molecule has 2 rings (SSSR count). The first-order valence-corrected chi connectivity index (χ1v) is 4.40. The van der Waals surface area contributed by atoms with Crippen LogP contribution in [0.3, 0.4) is 0 Å². The molecule has 0 aliphatic carbocycles. The summed E-state index contributed by atoms with van der Waals surface area (Å²) in [6.45, 7) is 0. The third kappa shape index (κ3) is 1.23. The number of furan rings is 1. The molecule has 3 nitrogen and oxygen atoms in total. The zero-order valence-corrected chi connectivity index (χ0v) is 8.04. The van der Waals surface area contributed by atoms with Crippen molar-refractivity contribution in [3.63, 3.8) is 0 Å².